The summed E-state index contributed by atoms with van der Waals surface area (Å²) < 4.78 is 4.32. The van der Waals surface area contributed by atoms with Crippen LogP contribution in [0.5, 0.6) is 0 Å². The third-order valence-corrected chi connectivity index (χ3v) is 2.50. The molecule has 0 aliphatic heterocycles. The fourth-order valence-electron chi connectivity index (χ4n) is 1.36. The molecule has 0 amide bonds. The van der Waals surface area contributed by atoms with E-state index in [2.05, 4.69) is 21.0 Å². The minimum absolute atomic E-state index is 0.000367. The molecule has 0 unspecified atom stereocenters. The number of aromatic nitrogens is 3. The topological polar surface area (TPSA) is 39.8 Å². The molecule has 0 aliphatic rings. The van der Waals surface area contributed by atoms with Crippen molar-refractivity contribution in [3.63, 3.8) is 0 Å². The van der Waals surface area contributed by atoms with E-state index in [1.165, 1.54) is 0 Å². The first-order valence-corrected chi connectivity index (χ1v) is 5.28. The van der Waals surface area contributed by atoms with Crippen LogP contribution in [0.3, 0.4) is 0 Å². The molecule has 2 aromatic rings. The Kier molecular flexibility index (Phi) is 2.73. The Bertz CT molecular complexity index is 529. The van der Waals surface area contributed by atoms with Crippen molar-refractivity contribution in [1.29, 1.82) is 0 Å². The highest BCUT2D eigenvalue weighted by Gasteiger charge is 1.98. The number of aryl methyl sites for hydroxylation is 1. The average molecular weight is 268 g/mol. The van der Waals surface area contributed by atoms with Crippen molar-refractivity contribution in [2.24, 2.45) is 7.05 Å². The second-order valence-electron chi connectivity index (χ2n) is 3.34. The molecule has 0 saturated heterocycles. The maximum absolute atomic E-state index is 11.2. The van der Waals surface area contributed by atoms with Gasteiger partial charge in [-0.15, -0.1) is 0 Å². The quantitative estimate of drug-likeness (QED) is 0.825. The van der Waals surface area contributed by atoms with Crippen LogP contribution >= 0.6 is 15.9 Å². The van der Waals surface area contributed by atoms with E-state index in [4.69, 9.17) is 0 Å². The van der Waals surface area contributed by atoms with Crippen LogP contribution in [-0.4, -0.2) is 14.3 Å². The van der Waals surface area contributed by atoms with Crippen LogP contribution in [0, 0.1) is 0 Å². The Morgan fingerprint density at radius 3 is 2.80 bits per heavy atom. The van der Waals surface area contributed by atoms with Crippen molar-refractivity contribution < 1.29 is 0 Å². The predicted octanol–water partition coefficient (Wildman–Crippen LogP) is 1.39. The van der Waals surface area contributed by atoms with Gasteiger partial charge in [0.15, 0.2) is 0 Å². The zero-order chi connectivity index (χ0) is 10.8. The third kappa shape index (κ3) is 2.36. The molecule has 0 fully saturated rings. The fourth-order valence-corrected chi connectivity index (χ4v) is 1.68. The summed E-state index contributed by atoms with van der Waals surface area (Å²) in [6.45, 7) is 0.666. The minimum Gasteiger partial charge on any atom is -0.318 e. The highest BCUT2D eigenvalue weighted by Crippen LogP contribution is 2.07. The summed E-state index contributed by atoms with van der Waals surface area (Å²) in [6, 6.07) is 3.38. The smallest absolute Gasteiger partial charge is 0.250 e. The van der Waals surface area contributed by atoms with Gasteiger partial charge in [-0.05, 0) is 21.5 Å². The first-order valence-electron chi connectivity index (χ1n) is 4.49. The van der Waals surface area contributed by atoms with Crippen LogP contribution in [0.1, 0.15) is 5.56 Å². The molecule has 0 N–H and O–H groups in total. The molecule has 0 aliphatic carbocycles. The summed E-state index contributed by atoms with van der Waals surface area (Å²) >= 11 is 3.33. The molecule has 4 nitrogen and oxygen atoms in total. The maximum atomic E-state index is 11.2. The van der Waals surface area contributed by atoms with Crippen molar-refractivity contribution in [3.05, 3.63) is 51.1 Å². The Labute approximate surface area is 95.3 Å². The molecule has 78 valence electrons. The van der Waals surface area contributed by atoms with Crippen molar-refractivity contribution in [3.8, 4) is 0 Å². The number of pyridine rings is 1. The highest BCUT2D eigenvalue weighted by molar-refractivity contribution is 9.10. The van der Waals surface area contributed by atoms with Gasteiger partial charge in [0.2, 0.25) is 5.56 Å². The van der Waals surface area contributed by atoms with E-state index >= 15 is 0 Å². The molecule has 15 heavy (non-hydrogen) atoms. The number of rotatable bonds is 2. The second kappa shape index (κ2) is 4.02. The van der Waals surface area contributed by atoms with E-state index < -0.39 is 0 Å². The molecule has 0 bridgehead atoms. The summed E-state index contributed by atoms with van der Waals surface area (Å²) in [6.07, 6.45) is 5.45. The summed E-state index contributed by atoms with van der Waals surface area (Å²) in [5, 5.41) is 4.15. The number of nitrogens with zero attached hydrogens (tertiary/aromatic N) is 3. The fraction of sp³-hybridized carbons (Fsp3) is 0.200. The summed E-state index contributed by atoms with van der Waals surface area (Å²) in [5.74, 6) is 0. The van der Waals surface area contributed by atoms with Crippen molar-refractivity contribution in [1.82, 2.24) is 14.3 Å². The van der Waals surface area contributed by atoms with Crippen LogP contribution in [0.2, 0.25) is 0 Å². The molecule has 2 rings (SSSR count). The molecule has 0 saturated carbocycles. The average Bonchev–Trinajstić information content (AvgIpc) is 2.58. The molecule has 0 aromatic carbocycles. The van der Waals surface area contributed by atoms with Crippen molar-refractivity contribution in [2.75, 3.05) is 0 Å². The Balaban J connectivity index is 2.25. The minimum atomic E-state index is 0.000367. The van der Waals surface area contributed by atoms with Gasteiger partial charge in [-0.3, -0.25) is 9.48 Å². The highest BCUT2D eigenvalue weighted by atomic mass is 79.9. The van der Waals surface area contributed by atoms with Crippen LogP contribution in [-0.2, 0) is 13.6 Å². The zero-order valence-corrected chi connectivity index (χ0v) is 9.81. The Morgan fingerprint density at radius 1 is 1.40 bits per heavy atom. The lowest BCUT2D eigenvalue weighted by Crippen LogP contribution is -2.15. The van der Waals surface area contributed by atoms with Gasteiger partial charge >= 0.3 is 0 Å². The molecule has 2 aromatic heterocycles. The normalized spacial score (nSPS) is 10.5. The molecule has 0 radical (unpaired) electrons. The van der Waals surface area contributed by atoms with E-state index in [-0.39, 0.29) is 5.56 Å². The van der Waals surface area contributed by atoms with E-state index in [9.17, 15) is 4.79 Å². The Hall–Kier alpha value is -1.36. The summed E-state index contributed by atoms with van der Waals surface area (Å²) in [5.41, 5.74) is 1.05. The molecule has 2 heterocycles. The Morgan fingerprint density at radius 2 is 2.20 bits per heavy atom. The predicted molar refractivity (Wildman–Crippen MR) is 60.7 cm³/mol. The first-order chi connectivity index (χ1) is 7.15. The van der Waals surface area contributed by atoms with Crippen molar-refractivity contribution >= 4 is 15.9 Å². The van der Waals surface area contributed by atoms with Gasteiger partial charge in [-0.2, -0.15) is 5.10 Å². The lowest BCUT2D eigenvalue weighted by Gasteiger charge is -2.03. The summed E-state index contributed by atoms with van der Waals surface area (Å²) in [4.78, 5) is 11.2. The van der Waals surface area contributed by atoms with Crippen LogP contribution < -0.4 is 5.56 Å². The molecule has 0 spiro atoms. The van der Waals surface area contributed by atoms with Gasteiger partial charge < -0.3 is 4.57 Å². The first kappa shape index (κ1) is 10.2. The van der Waals surface area contributed by atoms with E-state index in [1.54, 1.807) is 23.9 Å². The molecular weight excluding hydrogens is 258 g/mol. The van der Waals surface area contributed by atoms with Gasteiger partial charge in [-0.1, -0.05) is 6.07 Å². The van der Waals surface area contributed by atoms with Gasteiger partial charge in [-0.25, -0.2) is 0 Å². The zero-order valence-electron chi connectivity index (χ0n) is 8.22. The van der Waals surface area contributed by atoms with Gasteiger partial charge in [0, 0.05) is 25.5 Å². The van der Waals surface area contributed by atoms with Gasteiger partial charge in [0.1, 0.15) is 0 Å². The second-order valence-corrected chi connectivity index (χ2v) is 4.26. The standard InChI is InChI=1S/C10H10BrN3O/c1-13-5-8(2-3-10(13)15)6-14-7-9(11)4-12-14/h2-5,7H,6H2,1H3. The van der Waals surface area contributed by atoms with Crippen LogP contribution in [0.25, 0.3) is 0 Å². The van der Waals surface area contributed by atoms with Crippen LogP contribution in [0.15, 0.2) is 40.0 Å². The number of hydrogen-bond acceptors (Lipinski definition) is 2. The van der Waals surface area contributed by atoms with E-state index in [1.807, 2.05) is 23.1 Å². The number of hydrogen-bond donors (Lipinski definition) is 0. The monoisotopic (exact) mass is 267 g/mol. The van der Waals surface area contributed by atoms with E-state index in [0.717, 1.165) is 10.0 Å². The number of halogens is 1. The molecule has 5 heteroatoms. The van der Waals surface area contributed by atoms with Crippen LogP contribution in [0.4, 0.5) is 0 Å². The van der Waals surface area contributed by atoms with Gasteiger partial charge in [0.05, 0.1) is 17.2 Å². The SMILES string of the molecule is Cn1cc(Cn2cc(Br)cn2)ccc1=O. The van der Waals surface area contributed by atoms with Crippen molar-refractivity contribution in [2.45, 2.75) is 6.54 Å². The lowest BCUT2D eigenvalue weighted by atomic mass is 10.3. The maximum Gasteiger partial charge on any atom is 0.250 e. The molecular formula is C10H10BrN3O. The largest absolute Gasteiger partial charge is 0.318 e. The molecule has 0 atom stereocenters. The van der Waals surface area contributed by atoms with E-state index in [0.29, 0.717) is 6.54 Å². The summed E-state index contributed by atoms with van der Waals surface area (Å²) in [7, 11) is 1.74. The third-order valence-electron chi connectivity index (χ3n) is 2.09. The van der Waals surface area contributed by atoms with Gasteiger partial charge in [0.25, 0.3) is 0 Å². The lowest BCUT2D eigenvalue weighted by molar-refractivity contribution is 0.677.